The van der Waals surface area contributed by atoms with Gasteiger partial charge in [0.05, 0.1) is 7.11 Å². The van der Waals surface area contributed by atoms with E-state index in [0.29, 0.717) is 0 Å². The molecular weight excluding hydrogens is 280 g/mol. The van der Waals surface area contributed by atoms with Gasteiger partial charge in [-0.2, -0.15) is 0 Å². The molecule has 1 atom stereocenters. The van der Waals surface area contributed by atoms with Crippen molar-refractivity contribution >= 4 is 6.09 Å². The van der Waals surface area contributed by atoms with Crippen molar-refractivity contribution in [3.8, 4) is 5.75 Å². The first-order valence-electron chi connectivity index (χ1n) is 7.71. The molecule has 1 aliphatic rings. The molecule has 0 bridgehead atoms. The second kappa shape index (κ2) is 7.01. The van der Waals surface area contributed by atoms with Gasteiger partial charge in [-0.3, -0.25) is 4.90 Å². The van der Waals surface area contributed by atoms with Crippen molar-refractivity contribution in [1.82, 2.24) is 10.2 Å². The Morgan fingerprint density at radius 2 is 2.09 bits per heavy atom. The Morgan fingerprint density at radius 3 is 2.77 bits per heavy atom. The summed E-state index contributed by atoms with van der Waals surface area (Å²) in [6.07, 6.45) is 0.602. The highest BCUT2D eigenvalue weighted by molar-refractivity contribution is 5.68. The largest absolute Gasteiger partial charge is 0.496 e. The van der Waals surface area contributed by atoms with Gasteiger partial charge < -0.3 is 14.8 Å². The van der Waals surface area contributed by atoms with Gasteiger partial charge in [0.15, 0.2) is 0 Å². The van der Waals surface area contributed by atoms with Crippen LogP contribution in [0.4, 0.5) is 4.79 Å². The van der Waals surface area contributed by atoms with Crippen LogP contribution in [0.15, 0.2) is 24.3 Å². The molecular formula is C17H26N2O3. The number of alkyl carbamates (subject to hydrolysis) is 1. The SMILES string of the molecule is COc1ccccc1CN1CC[C@H](NC(=O)OC(C)(C)C)C1. The van der Waals surface area contributed by atoms with Crippen LogP contribution in [0.25, 0.3) is 0 Å². The van der Waals surface area contributed by atoms with E-state index in [0.717, 1.165) is 31.8 Å². The van der Waals surface area contributed by atoms with Crippen molar-refractivity contribution in [2.75, 3.05) is 20.2 Å². The number of hydrogen-bond donors (Lipinski definition) is 1. The van der Waals surface area contributed by atoms with Crippen molar-refractivity contribution in [2.24, 2.45) is 0 Å². The molecule has 1 aliphatic heterocycles. The Balaban J connectivity index is 1.84. The molecule has 1 N–H and O–H groups in total. The highest BCUT2D eigenvalue weighted by Crippen LogP contribution is 2.21. The standard InChI is InChI=1S/C17H26N2O3/c1-17(2,3)22-16(20)18-14-9-10-19(12-14)11-13-7-5-6-8-15(13)21-4/h5-8,14H,9-12H2,1-4H3,(H,18,20)/t14-/m0/s1. The van der Waals surface area contributed by atoms with Gasteiger partial charge in [0, 0.05) is 31.2 Å². The number of carbonyl (C=O) groups is 1. The average Bonchev–Trinajstić information content (AvgIpc) is 2.84. The Labute approximate surface area is 132 Å². The molecule has 1 fully saturated rings. The molecule has 0 aliphatic carbocycles. The average molecular weight is 306 g/mol. The second-order valence-electron chi connectivity index (χ2n) is 6.68. The number of amides is 1. The van der Waals surface area contributed by atoms with E-state index in [1.807, 2.05) is 39.0 Å². The fourth-order valence-corrected chi connectivity index (χ4v) is 2.64. The number of para-hydroxylation sites is 1. The molecule has 1 aromatic carbocycles. The van der Waals surface area contributed by atoms with Crippen LogP contribution in [0.5, 0.6) is 5.75 Å². The maximum atomic E-state index is 11.8. The van der Waals surface area contributed by atoms with Crippen LogP contribution in [0, 0.1) is 0 Å². The highest BCUT2D eigenvalue weighted by atomic mass is 16.6. The third-order valence-electron chi connectivity index (χ3n) is 3.58. The van der Waals surface area contributed by atoms with Gasteiger partial charge in [-0.15, -0.1) is 0 Å². The number of rotatable bonds is 4. The first-order valence-corrected chi connectivity index (χ1v) is 7.71. The second-order valence-corrected chi connectivity index (χ2v) is 6.68. The summed E-state index contributed by atoms with van der Waals surface area (Å²) in [5.74, 6) is 0.908. The summed E-state index contributed by atoms with van der Waals surface area (Å²) in [5.41, 5.74) is 0.711. The van der Waals surface area contributed by atoms with E-state index in [9.17, 15) is 4.79 Å². The normalized spacial score (nSPS) is 19.0. The zero-order valence-electron chi connectivity index (χ0n) is 13.9. The smallest absolute Gasteiger partial charge is 0.407 e. The fraction of sp³-hybridized carbons (Fsp3) is 0.588. The molecule has 5 nitrogen and oxygen atoms in total. The number of likely N-dealkylation sites (tertiary alicyclic amines) is 1. The molecule has 22 heavy (non-hydrogen) atoms. The number of hydrogen-bond acceptors (Lipinski definition) is 4. The van der Waals surface area contributed by atoms with Crippen molar-refractivity contribution < 1.29 is 14.3 Å². The van der Waals surface area contributed by atoms with Gasteiger partial charge in [-0.05, 0) is 33.3 Å². The van der Waals surface area contributed by atoms with E-state index in [1.54, 1.807) is 7.11 Å². The molecule has 1 saturated heterocycles. The summed E-state index contributed by atoms with van der Waals surface area (Å²) >= 11 is 0. The fourth-order valence-electron chi connectivity index (χ4n) is 2.64. The van der Waals surface area contributed by atoms with E-state index in [4.69, 9.17) is 9.47 Å². The van der Waals surface area contributed by atoms with Crippen LogP contribution in [0.3, 0.4) is 0 Å². The third kappa shape index (κ3) is 4.91. The Hall–Kier alpha value is -1.75. The maximum absolute atomic E-state index is 11.8. The monoisotopic (exact) mass is 306 g/mol. The molecule has 0 radical (unpaired) electrons. The quantitative estimate of drug-likeness (QED) is 0.929. The molecule has 2 rings (SSSR count). The summed E-state index contributed by atoms with van der Waals surface area (Å²) in [5, 5.41) is 2.95. The summed E-state index contributed by atoms with van der Waals surface area (Å²) in [7, 11) is 1.69. The molecule has 0 spiro atoms. The lowest BCUT2D eigenvalue weighted by atomic mass is 10.2. The van der Waals surface area contributed by atoms with Gasteiger partial charge in [0.2, 0.25) is 0 Å². The summed E-state index contributed by atoms with van der Waals surface area (Å²) < 4.78 is 10.7. The molecule has 5 heteroatoms. The van der Waals surface area contributed by atoms with E-state index >= 15 is 0 Å². The topological polar surface area (TPSA) is 50.8 Å². The Kier molecular flexibility index (Phi) is 5.29. The van der Waals surface area contributed by atoms with Crippen molar-refractivity contribution in [1.29, 1.82) is 0 Å². The van der Waals surface area contributed by atoms with Crippen molar-refractivity contribution in [3.05, 3.63) is 29.8 Å². The third-order valence-corrected chi connectivity index (χ3v) is 3.58. The molecule has 1 aromatic rings. The van der Waals surface area contributed by atoms with Crippen molar-refractivity contribution in [3.63, 3.8) is 0 Å². The number of nitrogens with one attached hydrogen (secondary N) is 1. The molecule has 1 amide bonds. The number of nitrogens with zero attached hydrogens (tertiary/aromatic N) is 1. The van der Waals surface area contributed by atoms with Gasteiger partial charge in [0.25, 0.3) is 0 Å². The summed E-state index contributed by atoms with van der Waals surface area (Å²) in [4.78, 5) is 14.1. The van der Waals surface area contributed by atoms with E-state index in [2.05, 4.69) is 16.3 Å². The minimum absolute atomic E-state index is 0.143. The lowest BCUT2D eigenvalue weighted by Crippen LogP contribution is -2.40. The lowest BCUT2D eigenvalue weighted by Gasteiger charge is -2.22. The summed E-state index contributed by atoms with van der Waals surface area (Å²) in [6.45, 7) is 8.23. The van der Waals surface area contributed by atoms with Crippen LogP contribution in [0.1, 0.15) is 32.8 Å². The first-order chi connectivity index (χ1) is 10.4. The van der Waals surface area contributed by atoms with Gasteiger partial charge >= 0.3 is 6.09 Å². The molecule has 0 aromatic heterocycles. The van der Waals surface area contributed by atoms with Gasteiger partial charge in [0.1, 0.15) is 11.4 Å². The van der Waals surface area contributed by atoms with Gasteiger partial charge in [-0.25, -0.2) is 4.79 Å². The molecule has 0 unspecified atom stereocenters. The van der Waals surface area contributed by atoms with E-state index in [1.165, 1.54) is 5.56 Å². The van der Waals surface area contributed by atoms with Crippen LogP contribution in [-0.2, 0) is 11.3 Å². The highest BCUT2D eigenvalue weighted by Gasteiger charge is 2.26. The predicted molar refractivity (Wildman–Crippen MR) is 86.0 cm³/mol. The molecule has 1 heterocycles. The van der Waals surface area contributed by atoms with Gasteiger partial charge in [-0.1, -0.05) is 18.2 Å². The molecule has 122 valence electrons. The van der Waals surface area contributed by atoms with E-state index < -0.39 is 5.60 Å². The van der Waals surface area contributed by atoms with Crippen LogP contribution in [-0.4, -0.2) is 42.8 Å². The summed E-state index contributed by atoms with van der Waals surface area (Å²) in [6, 6.07) is 8.18. The number of carbonyl (C=O) groups excluding carboxylic acids is 1. The van der Waals surface area contributed by atoms with Crippen LogP contribution >= 0.6 is 0 Å². The van der Waals surface area contributed by atoms with Crippen LogP contribution in [0.2, 0.25) is 0 Å². The maximum Gasteiger partial charge on any atom is 0.407 e. The Bertz CT molecular complexity index is 511. The van der Waals surface area contributed by atoms with E-state index in [-0.39, 0.29) is 12.1 Å². The van der Waals surface area contributed by atoms with Crippen LogP contribution < -0.4 is 10.1 Å². The zero-order chi connectivity index (χ0) is 16.2. The number of ether oxygens (including phenoxy) is 2. The van der Waals surface area contributed by atoms with Crippen molar-refractivity contribution in [2.45, 2.75) is 45.4 Å². The minimum Gasteiger partial charge on any atom is -0.496 e. The Morgan fingerprint density at radius 1 is 1.36 bits per heavy atom. The predicted octanol–water partition coefficient (Wildman–Crippen LogP) is 2.79. The number of benzene rings is 1. The molecule has 0 saturated carbocycles. The number of methoxy groups -OCH3 is 1. The first kappa shape index (κ1) is 16.6. The minimum atomic E-state index is -0.459. The lowest BCUT2D eigenvalue weighted by molar-refractivity contribution is 0.0505. The zero-order valence-corrected chi connectivity index (χ0v) is 13.9.